The lowest BCUT2D eigenvalue weighted by Gasteiger charge is -2.16. The van der Waals surface area contributed by atoms with Gasteiger partial charge in [0, 0.05) is 16.7 Å². The van der Waals surface area contributed by atoms with Crippen LogP contribution in [0.2, 0.25) is 0 Å². The fourth-order valence-corrected chi connectivity index (χ4v) is 2.39. The molecule has 0 amide bonds. The lowest BCUT2D eigenvalue weighted by Crippen LogP contribution is -2.37. The third-order valence-corrected chi connectivity index (χ3v) is 3.76. The van der Waals surface area contributed by atoms with E-state index in [0.717, 1.165) is 24.2 Å². The maximum absolute atomic E-state index is 13.4. The van der Waals surface area contributed by atoms with E-state index in [1.54, 1.807) is 12.1 Å². The van der Waals surface area contributed by atoms with Crippen LogP contribution in [0.3, 0.4) is 0 Å². The molecule has 0 spiro atoms. The van der Waals surface area contributed by atoms with E-state index in [1.807, 2.05) is 6.07 Å². The van der Waals surface area contributed by atoms with Crippen LogP contribution in [0.25, 0.3) is 0 Å². The maximum Gasteiger partial charge on any atom is 0.136 e. The molecule has 0 aliphatic heterocycles. The molecule has 0 aliphatic carbocycles. The summed E-state index contributed by atoms with van der Waals surface area (Å²) in [7, 11) is 0. The fraction of sp³-hybridized carbons (Fsp3) is 0.385. The standard InChI is InChI=1S/C13H19FN2S/c1-3-10(2)8-11(16-15)9-17-13-7-5-4-6-12(13)14/h4-7,11,16H,2-3,8-9,15H2,1H3. The monoisotopic (exact) mass is 254 g/mol. The van der Waals surface area contributed by atoms with Crippen molar-refractivity contribution in [2.24, 2.45) is 5.84 Å². The molecule has 0 aliphatic rings. The summed E-state index contributed by atoms with van der Waals surface area (Å²) < 4.78 is 13.4. The SMILES string of the molecule is C=C(CC)CC(CSc1ccccc1F)NN. The van der Waals surface area contributed by atoms with Gasteiger partial charge in [0.1, 0.15) is 5.82 Å². The number of nitrogens with one attached hydrogen (secondary N) is 1. The molecule has 3 N–H and O–H groups in total. The van der Waals surface area contributed by atoms with Crippen LogP contribution in [0.1, 0.15) is 19.8 Å². The molecule has 0 saturated heterocycles. The maximum atomic E-state index is 13.4. The van der Waals surface area contributed by atoms with Gasteiger partial charge in [0.25, 0.3) is 0 Å². The van der Waals surface area contributed by atoms with Gasteiger partial charge >= 0.3 is 0 Å². The number of halogens is 1. The number of nitrogens with two attached hydrogens (primary N) is 1. The third-order valence-electron chi connectivity index (χ3n) is 2.55. The first kappa shape index (κ1) is 14.2. The molecule has 0 radical (unpaired) electrons. The fourth-order valence-electron chi connectivity index (χ4n) is 1.41. The highest BCUT2D eigenvalue weighted by atomic mass is 32.2. The Morgan fingerprint density at radius 1 is 1.53 bits per heavy atom. The molecule has 0 saturated carbocycles. The van der Waals surface area contributed by atoms with Crippen molar-refractivity contribution in [1.82, 2.24) is 5.43 Å². The Hall–Kier alpha value is -0.840. The van der Waals surface area contributed by atoms with Crippen LogP contribution >= 0.6 is 11.8 Å². The normalized spacial score (nSPS) is 12.4. The number of hydrogen-bond donors (Lipinski definition) is 2. The lowest BCUT2D eigenvalue weighted by atomic mass is 10.1. The molecule has 1 unspecified atom stereocenters. The van der Waals surface area contributed by atoms with Crippen LogP contribution in [0.5, 0.6) is 0 Å². The minimum atomic E-state index is -0.178. The van der Waals surface area contributed by atoms with Gasteiger partial charge in [0.05, 0.1) is 0 Å². The number of rotatable bonds is 7. The molecule has 4 heteroatoms. The largest absolute Gasteiger partial charge is 0.271 e. The van der Waals surface area contributed by atoms with Crippen LogP contribution in [0, 0.1) is 5.82 Å². The third kappa shape index (κ3) is 4.89. The van der Waals surface area contributed by atoms with Crippen molar-refractivity contribution in [1.29, 1.82) is 0 Å². The number of benzene rings is 1. The Morgan fingerprint density at radius 3 is 2.82 bits per heavy atom. The zero-order chi connectivity index (χ0) is 12.7. The first-order chi connectivity index (χ1) is 8.17. The van der Waals surface area contributed by atoms with Crippen molar-refractivity contribution < 1.29 is 4.39 Å². The predicted octanol–water partition coefficient (Wildman–Crippen LogP) is 3.11. The predicted molar refractivity (Wildman–Crippen MR) is 72.3 cm³/mol. The Bertz CT molecular complexity index is 368. The number of hydrazine groups is 1. The number of hydrogen-bond acceptors (Lipinski definition) is 3. The summed E-state index contributed by atoms with van der Waals surface area (Å²) in [4.78, 5) is 0.662. The van der Waals surface area contributed by atoms with E-state index in [2.05, 4.69) is 18.9 Å². The van der Waals surface area contributed by atoms with E-state index in [4.69, 9.17) is 5.84 Å². The van der Waals surface area contributed by atoms with Crippen molar-refractivity contribution in [3.8, 4) is 0 Å². The van der Waals surface area contributed by atoms with E-state index in [1.165, 1.54) is 17.8 Å². The summed E-state index contributed by atoms with van der Waals surface area (Å²) in [5.74, 6) is 6.03. The number of thioether (sulfide) groups is 1. The Kier molecular flexibility index (Phi) is 6.26. The molecule has 0 bridgehead atoms. The van der Waals surface area contributed by atoms with Crippen LogP contribution in [0.15, 0.2) is 41.3 Å². The molecule has 0 heterocycles. The van der Waals surface area contributed by atoms with E-state index < -0.39 is 0 Å². The van der Waals surface area contributed by atoms with Crippen molar-refractivity contribution in [3.63, 3.8) is 0 Å². The molecular weight excluding hydrogens is 235 g/mol. The Labute approximate surface area is 106 Å². The van der Waals surface area contributed by atoms with Gasteiger partial charge in [0.15, 0.2) is 0 Å². The van der Waals surface area contributed by atoms with Crippen LogP contribution in [0.4, 0.5) is 4.39 Å². The average molecular weight is 254 g/mol. The molecule has 17 heavy (non-hydrogen) atoms. The highest BCUT2D eigenvalue weighted by molar-refractivity contribution is 7.99. The minimum absolute atomic E-state index is 0.132. The molecular formula is C13H19FN2S. The van der Waals surface area contributed by atoms with E-state index >= 15 is 0 Å². The molecule has 2 nitrogen and oxygen atoms in total. The Morgan fingerprint density at radius 2 is 2.24 bits per heavy atom. The zero-order valence-electron chi connectivity index (χ0n) is 10.1. The van der Waals surface area contributed by atoms with Crippen LogP contribution < -0.4 is 11.3 Å². The first-order valence-electron chi connectivity index (χ1n) is 5.67. The second-order valence-electron chi connectivity index (χ2n) is 3.91. The molecule has 1 atom stereocenters. The average Bonchev–Trinajstić information content (AvgIpc) is 2.35. The molecule has 0 aromatic heterocycles. The smallest absolute Gasteiger partial charge is 0.136 e. The van der Waals surface area contributed by atoms with Gasteiger partial charge in [-0.25, -0.2) is 4.39 Å². The second kappa shape index (κ2) is 7.48. The van der Waals surface area contributed by atoms with E-state index in [9.17, 15) is 4.39 Å². The topological polar surface area (TPSA) is 38.0 Å². The van der Waals surface area contributed by atoms with Gasteiger partial charge in [-0.05, 0) is 25.0 Å². The molecule has 94 valence electrons. The van der Waals surface area contributed by atoms with Crippen LogP contribution in [-0.2, 0) is 0 Å². The van der Waals surface area contributed by atoms with Crippen molar-refractivity contribution in [2.75, 3.05) is 5.75 Å². The van der Waals surface area contributed by atoms with Crippen molar-refractivity contribution >= 4 is 11.8 Å². The minimum Gasteiger partial charge on any atom is -0.271 e. The van der Waals surface area contributed by atoms with Crippen LogP contribution in [-0.4, -0.2) is 11.8 Å². The molecule has 1 aromatic carbocycles. The summed E-state index contributed by atoms with van der Waals surface area (Å²) in [6.45, 7) is 6.02. The van der Waals surface area contributed by atoms with E-state index in [-0.39, 0.29) is 11.9 Å². The summed E-state index contributed by atoms with van der Waals surface area (Å²) in [6, 6.07) is 6.91. The van der Waals surface area contributed by atoms with Gasteiger partial charge in [0.2, 0.25) is 0 Å². The summed E-state index contributed by atoms with van der Waals surface area (Å²) in [5, 5.41) is 0. The van der Waals surface area contributed by atoms with Gasteiger partial charge < -0.3 is 0 Å². The van der Waals surface area contributed by atoms with Gasteiger partial charge in [-0.15, -0.1) is 11.8 Å². The quantitative estimate of drug-likeness (QED) is 0.340. The zero-order valence-corrected chi connectivity index (χ0v) is 10.9. The Balaban J connectivity index is 2.48. The van der Waals surface area contributed by atoms with E-state index in [0.29, 0.717) is 4.90 Å². The summed E-state index contributed by atoms with van der Waals surface area (Å²) >= 11 is 1.47. The van der Waals surface area contributed by atoms with Crippen molar-refractivity contribution in [2.45, 2.75) is 30.7 Å². The first-order valence-corrected chi connectivity index (χ1v) is 6.66. The van der Waals surface area contributed by atoms with Gasteiger partial charge in [-0.1, -0.05) is 31.2 Å². The molecule has 1 rings (SSSR count). The summed E-state index contributed by atoms with van der Waals surface area (Å²) in [6.07, 6.45) is 1.77. The van der Waals surface area contributed by atoms with Gasteiger partial charge in [-0.3, -0.25) is 11.3 Å². The second-order valence-corrected chi connectivity index (χ2v) is 4.97. The summed E-state index contributed by atoms with van der Waals surface area (Å²) in [5.41, 5.74) is 3.91. The van der Waals surface area contributed by atoms with Gasteiger partial charge in [-0.2, -0.15) is 0 Å². The highest BCUT2D eigenvalue weighted by Crippen LogP contribution is 2.23. The molecule has 0 fully saturated rings. The van der Waals surface area contributed by atoms with Crippen molar-refractivity contribution in [3.05, 3.63) is 42.2 Å². The lowest BCUT2D eigenvalue weighted by molar-refractivity contribution is 0.566. The highest BCUT2D eigenvalue weighted by Gasteiger charge is 2.10. The molecule has 1 aromatic rings.